The molecule has 0 saturated carbocycles. The van der Waals surface area contributed by atoms with Crippen LogP contribution in [0.5, 0.6) is 0 Å². The molecule has 3 aromatic heterocycles. The molecule has 12 aromatic rings. The second kappa shape index (κ2) is 16.7. The zero-order valence-electron chi connectivity index (χ0n) is 40.1. The number of para-hydroxylation sites is 2. The van der Waals surface area contributed by atoms with Gasteiger partial charge in [-0.3, -0.25) is 0 Å². The van der Waals surface area contributed by atoms with Crippen LogP contribution in [0.3, 0.4) is 0 Å². The van der Waals surface area contributed by atoms with E-state index in [2.05, 4.69) is 208 Å². The Balaban J connectivity index is 1.19. The van der Waals surface area contributed by atoms with Gasteiger partial charge in [0, 0.05) is 38.2 Å². The smallest absolute Gasteiger partial charge is 0.160 e. The summed E-state index contributed by atoms with van der Waals surface area (Å²) in [5.41, 5.74) is 22.9. The van der Waals surface area contributed by atoms with E-state index in [-0.39, 0.29) is 0 Å². The first kappa shape index (κ1) is 42.5. The maximum Gasteiger partial charge on any atom is 0.160 e. The lowest BCUT2D eigenvalue weighted by Crippen LogP contribution is -2.06. The first-order valence-electron chi connectivity index (χ1n) is 24.0. The quantitative estimate of drug-likeness (QED) is 0.160. The number of nitrogens with zero attached hydrogens (tertiary/aromatic N) is 5. The Morgan fingerprint density at radius 2 is 0.757 bits per heavy atom. The Bertz CT molecular complexity index is 3830. The summed E-state index contributed by atoms with van der Waals surface area (Å²) in [6.07, 6.45) is 0. The van der Waals surface area contributed by atoms with Gasteiger partial charge in [0.1, 0.15) is 11.6 Å². The summed E-state index contributed by atoms with van der Waals surface area (Å²) in [7, 11) is 0. The standard InChI is InChI=1S/C65H49N5/c1-39-29-41(3)63(42(4)30-39)47-25-27-59-52(33-47)50-21-13-15-23-57(50)69(59)61-35-49(56-37-55(45-17-9-7-10-18-45)67-65(68-56)46-19-11-8-12-20-46)36-62(54(61)38-66)70-58-24-16-14-22-51(58)53-34-48(26-28-60(53)70)64-43(5)31-40(2)32-44(64)6/h7-37H,1-6H3. The van der Waals surface area contributed by atoms with Gasteiger partial charge in [0.2, 0.25) is 0 Å². The summed E-state index contributed by atoms with van der Waals surface area (Å²) in [6, 6.07) is 69.5. The average Bonchev–Trinajstić information content (AvgIpc) is 3.88. The summed E-state index contributed by atoms with van der Waals surface area (Å²) in [6.45, 7) is 13.1. The van der Waals surface area contributed by atoms with Crippen molar-refractivity contribution < 1.29 is 0 Å². The fourth-order valence-electron chi connectivity index (χ4n) is 11.3. The molecule has 70 heavy (non-hydrogen) atoms. The van der Waals surface area contributed by atoms with Gasteiger partial charge < -0.3 is 9.13 Å². The van der Waals surface area contributed by atoms with Crippen LogP contribution >= 0.6 is 0 Å². The molecule has 0 spiro atoms. The van der Waals surface area contributed by atoms with E-state index in [1.807, 2.05) is 36.4 Å². The van der Waals surface area contributed by atoms with Gasteiger partial charge in [-0.25, -0.2) is 9.97 Å². The molecule has 0 N–H and O–H groups in total. The Morgan fingerprint density at radius 3 is 1.21 bits per heavy atom. The number of aromatic nitrogens is 4. The van der Waals surface area contributed by atoms with Gasteiger partial charge in [0.15, 0.2) is 5.82 Å². The highest BCUT2D eigenvalue weighted by Crippen LogP contribution is 2.43. The summed E-state index contributed by atoms with van der Waals surface area (Å²) in [5, 5.41) is 16.3. The van der Waals surface area contributed by atoms with Crippen molar-refractivity contribution >= 4 is 43.6 Å². The van der Waals surface area contributed by atoms with Crippen LogP contribution in [0.25, 0.3) is 111 Å². The predicted octanol–water partition coefficient (Wildman–Crippen LogP) is 16.7. The van der Waals surface area contributed by atoms with Gasteiger partial charge >= 0.3 is 0 Å². The third-order valence-corrected chi connectivity index (χ3v) is 14.1. The Hall–Kier alpha value is -8.85. The van der Waals surface area contributed by atoms with Crippen LogP contribution in [0.15, 0.2) is 188 Å². The maximum absolute atomic E-state index is 11.8. The number of hydrogen-bond donors (Lipinski definition) is 0. The molecule has 5 heteroatoms. The minimum Gasteiger partial charge on any atom is -0.308 e. The molecule has 0 radical (unpaired) electrons. The van der Waals surface area contributed by atoms with Crippen LogP contribution in [0.4, 0.5) is 0 Å². The van der Waals surface area contributed by atoms with E-state index in [0.29, 0.717) is 11.4 Å². The van der Waals surface area contributed by atoms with Crippen LogP contribution in [-0.2, 0) is 0 Å². The monoisotopic (exact) mass is 899 g/mol. The van der Waals surface area contributed by atoms with Gasteiger partial charge in [-0.15, -0.1) is 0 Å². The van der Waals surface area contributed by atoms with E-state index in [4.69, 9.17) is 9.97 Å². The van der Waals surface area contributed by atoms with E-state index in [1.54, 1.807) is 0 Å². The zero-order valence-corrected chi connectivity index (χ0v) is 40.1. The number of nitriles is 1. The molecule has 9 aromatic carbocycles. The lowest BCUT2D eigenvalue weighted by molar-refractivity contribution is 1.11. The summed E-state index contributed by atoms with van der Waals surface area (Å²) >= 11 is 0. The van der Waals surface area contributed by atoms with Crippen LogP contribution in [0, 0.1) is 52.9 Å². The van der Waals surface area contributed by atoms with E-state index < -0.39 is 0 Å². The molecule has 3 heterocycles. The van der Waals surface area contributed by atoms with Crippen LogP contribution < -0.4 is 0 Å². The molecule has 0 unspecified atom stereocenters. The molecule has 0 aliphatic carbocycles. The van der Waals surface area contributed by atoms with Crippen molar-refractivity contribution in [2.24, 2.45) is 0 Å². The van der Waals surface area contributed by atoms with Gasteiger partial charge in [-0.05, 0) is 141 Å². The highest BCUT2D eigenvalue weighted by atomic mass is 15.0. The number of fused-ring (bicyclic) bond motifs is 6. The van der Waals surface area contributed by atoms with Crippen LogP contribution in [-0.4, -0.2) is 19.1 Å². The molecular formula is C65H49N5. The van der Waals surface area contributed by atoms with E-state index in [9.17, 15) is 5.26 Å². The van der Waals surface area contributed by atoms with Gasteiger partial charge in [-0.1, -0.05) is 145 Å². The van der Waals surface area contributed by atoms with Gasteiger partial charge in [-0.2, -0.15) is 5.26 Å². The summed E-state index contributed by atoms with van der Waals surface area (Å²) in [5.74, 6) is 0.626. The second-order valence-corrected chi connectivity index (χ2v) is 18.9. The first-order valence-corrected chi connectivity index (χ1v) is 24.0. The molecule has 334 valence electrons. The third kappa shape index (κ3) is 6.99. The maximum atomic E-state index is 11.8. The second-order valence-electron chi connectivity index (χ2n) is 18.9. The SMILES string of the molecule is Cc1cc(C)c(-c2ccc3c(c2)c2ccccc2n3-c2cc(-c3cc(-c4ccccc4)nc(-c4ccccc4)n3)cc(-n3c4ccccc4c4cc(-c5c(C)cc(C)cc5C)ccc43)c2C#N)c(C)c1. The lowest BCUT2D eigenvalue weighted by Gasteiger charge is -2.19. The number of rotatable bonds is 7. The van der Waals surface area contributed by atoms with Crippen molar-refractivity contribution in [2.45, 2.75) is 41.5 Å². The average molecular weight is 900 g/mol. The fourth-order valence-corrected chi connectivity index (χ4v) is 11.3. The molecule has 0 fully saturated rings. The Morgan fingerprint density at radius 1 is 0.357 bits per heavy atom. The molecule has 0 saturated heterocycles. The Kier molecular flexibility index (Phi) is 10.2. The minimum absolute atomic E-state index is 0.554. The van der Waals surface area contributed by atoms with Gasteiger partial charge in [0.05, 0.1) is 44.8 Å². The van der Waals surface area contributed by atoms with Crippen LogP contribution in [0.2, 0.25) is 0 Å². The highest BCUT2D eigenvalue weighted by molar-refractivity contribution is 6.13. The van der Waals surface area contributed by atoms with Crippen molar-refractivity contribution in [3.05, 3.63) is 227 Å². The molecule has 0 amide bonds. The Labute approximate surface area is 408 Å². The summed E-state index contributed by atoms with van der Waals surface area (Å²) < 4.78 is 4.59. The third-order valence-electron chi connectivity index (χ3n) is 14.1. The number of aryl methyl sites for hydroxylation is 6. The molecular weight excluding hydrogens is 851 g/mol. The molecule has 0 bridgehead atoms. The molecule has 0 atom stereocenters. The van der Waals surface area contributed by atoms with Crippen molar-refractivity contribution in [1.82, 2.24) is 19.1 Å². The predicted molar refractivity (Wildman–Crippen MR) is 291 cm³/mol. The van der Waals surface area contributed by atoms with Crippen molar-refractivity contribution in [3.8, 4) is 73.6 Å². The minimum atomic E-state index is 0.554. The molecule has 0 aliphatic rings. The lowest BCUT2D eigenvalue weighted by atomic mass is 9.93. The van der Waals surface area contributed by atoms with Crippen molar-refractivity contribution in [2.75, 3.05) is 0 Å². The normalized spacial score (nSPS) is 11.6. The van der Waals surface area contributed by atoms with E-state index >= 15 is 0 Å². The first-order chi connectivity index (χ1) is 34.1. The largest absolute Gasteiger partial charge is 0.308 e. The zero-order chi connectivity index (χ0) is 47.8. The van der Waals surface area contributed by atoms with Crippen molar-refractivity contribution in [1.29, 1.82) is 5.26 Å². The van der Waals surface area contributed by atoms with Gasteiger partial charge in [0.25, 0.3) is 0 Å². The fraction of sp³-hybridized carbons (Fsp3) is 0.0923. The number of benzene rings is 9. The van der Waals surface area contributed by atoms with Crippen LogP contribution in [0.1, 0.15) is 38.9 Å². The summed E-state index contributed by atoms with van der Waals surface area (Å²) in [4.78, 5) is 10.5. The van der Waals surface area contributed by atoms with E-state index in [0.717, 1.165) is 83.1 Å². The van der Waals surface area contributed by atoms with Crippen molar-refractivity contribution in [3.63, 3.8) is 0 Å². The molecule has 0 aliphatic heterocycles. The molecule has 12 rings (SSSR count). The highest BCUT2D eigenvalue weighted by Gasteiger charge is 2.25. The topological polar surface area (TPSA) is 59.4 Å². The molecule has 5 nitrogen and oxygen atoms in total. The van der Waals surface area contributed by atoms with E-state index in [1.165, 1.54) is 55.6 Å². The number of hydrogen-bond acceptors (Lipinski definition) is 3.